The minimum atomic E-state index is -1.17. The van der Waals surface area contributed by atoms with Crippen LogP contribution >= 0.6 is 0 Å². The first-order valence-corrected chi connectivity index (χ1v) is 5.96. The van der Waals surface area contributed by atoms with E-state index < -0.39 is 17.5 Å². The lowest BCUT2D eigenvalue weighted by atomic mass is 9.77. The van der Waals surface area contributed by atoms with Gasteiger partial charge in [0.15, 0.2) is 0 Å². The molecule has 0 aliphatic carbocycles. The molecule has 0 radical (unpaired) electrons. The van der Waals surface area contributed by atoms with Crippen molar-refractivity contribution in [2.45, 2.75) is 39.2 Å². The Bertz CT molecular complexity index is 421. The van der Waals surface area contributed by atoms with Gasteiger partial charge in [-0.05, 0) is 37.8 Å². The molecule has 0 fully saturated rings. The maximum atomic E-state index is 11.4. The number of carboxylic acids is 1. The molecule has 4 nitrogen and oxygen atoms in total. The van der Waals surface area contributed by atoms with Crippen molar-refractivity contribution in [3.8, 4) is 0 Å². The lowest BCUT2D eigenvalue weighted by Crippen LogP contribution is -2.41. The fraction of sp³-hybridized carbons (Fsp3) is 0.500. The molecule has 1 rings (SSSR count). The standard InChI is InChI=1S/C14H20O4/c1-4-5-6-14(3,13(16)17)12(15)7-11-9-18-8-10(11)2/h4,8-9,12,15H,1,5-7H2,2-3H3,(H,16,17). The highest BCUT2D eigenvalue weighted by Gasteiger charge is 2.40. The Morgan fingerprint density at radius 3 is 2.72 bits per heavy atom. The van der Waals surface area contributed by atoms with Crippen molar-refractivity contribution in [3.05, 3.63) is 36.3 Å². The summed E-state index contributed by atoms with van der Waals surface area (Å²) < 4.78 is 5.03. The summed E-state index contributed by atoms with van der Waals surface area (Å²) in [6, 6.07) is 0. The van der Waals surface area contributed by atoms with Gasteiger partial charge in [0.1, 0.15) is 0 Å². The van der Waals surface area contributed by atoms with Gasteiger partial charge in [0.2, 0.25) is 0 Å². The minimum absolute atomic E-state index is 0.280. The number of rotatable bonds is 7. The summed E-state index contributed by atoms with van der Waals surface area (Å²) in [5.41, 5.74) is 0.594. The number of carbonyl (C=O) groups is 1. The molecule has 0 aromatic carbocycles. The summed E-state index contributed by atoms with van der Waals surface area (Å²) in [5.74, 6) is -0.988. The number of allylic oxidation sites excluding steroid dienone is 1. The Balaban J connectivity index is 2.83. The smallest absolute Gasteiger partial charge is 0.312 e. The van der Waals surface area contributed by atoms with Crippen LogP contribution in [0.3, 0.4) is 0 Å². The molecule has 18 heavy (non-hydrogen) atoms. The Kier molecular flexibility index (Phi) is 4.73. The van der Waals surface area contributed by atoms with E-state index in [4.69, 9.17) is 4.42 Å². The lowest BCUT2D eigenvalue weighted by molar-refractivity contribution is -0.155. The molecule has 0 aliphatic rings. The highest BCUT2D eigenvalue weighted by atomic mass is 16.4. The van der Waals surface area contributed by atoms with Crippen LogP contribution in [0.2, 0.25) is 0 Å². The van der Waals surface area contributed by atoms with Gasteiger partial charge >= 0.3 is 5.97 Å². The Morgan fingerprint density at radius 1 is 1.61 bits per heavy atom. The minimum Gasteiger partial charge on any atom is -0.481 e. The first kappa shape index (κ1) is 14.5. The summed E-state index contributed by atoms with van der Waals surface area (Å²) in [5, 5.41) is 19.5. The van der Waals surface area contributed by atoms with Gasteiger partial charge < -0.3 is 14.6 Å². The maximum Gasteiger partial charge on any atom is 0.312 e. The average Bonchev–Trinajstić information content (AvgIpc) is 2.71. The van der Waals surface area contributed by atoms with Crippen molar-refractivity contribution >= 4 is 5.97 Å². The molecular formula is C14H20O4. The third-order valence-corrected chi connectivity index (χ3v) is 3.47. The molecule has 2 N–H and O–H groups in total. The molecule has 4 heteroatoms. The summed E-state index contributed by atoms with van der Waals surface area (Å²) in [6.45, 7) is 7.02. The number of aliphatic hydroxyl groups is 1. The predicted octanol–water partition coefficient (Wildman–Crippen LogP) is 2.55. The average molecular weight is 252 g/mol. The third kappa shape index (κ3) is 3.01. The van der Waals surface area contributed by atoms with Gasteiger partial charge in [-0.1, -0.05) is 6.08 Å². The summed E-state index contributed by atoms with van der Waals surface area (Å²) in [6.07, 6.45) is 5.05. The van der Waals surface area contributed by atoms with Crippen molar-refractivity contribution in [1.82, 2.24) is 0 Å². The van der Waals surface area contributed by atoms with E-state index in [2.05, 4.69) is 6.58 Å². The predicted molar refractivity (Wildman–Crippen MR) is 68.3 cm³/mol. The molecular weight excluding hydrogens is 232 g/mol. The zero-order valence-electron chi connectivity index (χ0n) is 10.8. The summed E-state index contributed by atoms with van der Waals surface area (Å²) >= 11 is 0. The molecule has 100 valence electrons. The van der Waals surface area contributed by atoms with Gasteiger partial charge in [-0.3, -0.25) is 4.79 Å². The van der Waals surface area contributed by atoms with Crippen LogP contribution in [0.1, 0.15) is 30.9 Å². The van der Waals surface area contributed by atoms with Gasteiger partial charge in [-0.2, -0.15) is 0 Å². The molecule has 0 saturated carbocycles. The van der Waals surface area contributed by atoms with Crippen LogP contribution in [-0.2, 0) is 11.2 Å². The van der Waals surface area contributed by atoms with Crippen LogP contribution in [0, 0.1) is 12.3 Å². The molecule has 1 aromatic heterocycles. The molecule has 2 atom stereocenters. The molecule has 0 spiro atoms. The largest absolute Gasteiger partial charge is 0.481 e. The lowest BCUT2D eigenvalue weighted by Gasteiger charge is -2.30. The van der Waals surface area contributed by atoms with E-state index in [0.29, 0.717) is 12.8 Å². The van der Waals surface area contributed by atoms with Crippen LogP contribution in [0.5, 0.6) is 0 Å². The fourth-order valence-corrected chi connectivity index (χ4v) is 1.85. The van der Waals surface area contributed by atoms with E-state index in [1.807, 2.05) is 6.92 Å². The van der Waals surface area contributed by atoms with Gasteiger partial charge in [-0.25, -0.2) is 0 Å². The van der Waals surface area contributed by atoms with Crippen molar-refractivity contribution in [2.75, 3.05) is 0 Å². The SMILES string of the molecule is C=CCCC(C)(C(=O)O)C(O)Cc1cocc1C. The second-order valence-corrected chi connectivity index (χ2v) is 4.85. The van der Waals surface area contributed by atoms with Gasteiger partial charge in [0.05, 0.1) is 24.0 Å². The van der Waals surface area contributed by atoms with Crippen LogP contribution < -0.4 is 0 Å². The number of hydrogen-bond donors (Lipinski definition) is 2. The van der Waals surface area contributed by atoms with E-state index in [-0.39, 0.29) is 6.42 Å². The van der Waals surface area contributed by atoms with Gasteiger partial charge in [-0.15, -0.1) is 6.58 Å². The van der Waals surface area contributed by atoms with Gasteiger partial charge in [0.25, 0.3) is 0 Å². The molecule has 0 amide bonds. The normalized spacial score (nSPS) is 15.9. The molecule has 1 aromatic rings. The molecule has 0 saturated heterocycles. The second kappa shape index (κ2) is 5.87. The monoisotopic (exact) mass is 252 g/mol. The van der Waals surface area contributed by atoms with Gasteiger partial charge in [0, 0.05) is 6.42 Å². The Hall–Kier alpha value is -1.55. The second-order valence-electron chi connectivity index (χ2n) is 4.85. The maximum absolute atomic E-state index is 11.4. The van der Waals surface area contributed by atoms with Crippen molar-refractivity contribution < 1.29 is 19.4 Å². The molecule has 1 heterocycles. The van der Waals surface area contributed by atoms with Crippen molar-refractivity contribution in [1.29, 1.82) is 0 Å². The van der Waals surface area contributed by atoms with E-state index in [1.165, 1.54) is 0 Å². The number of furan rings is 1. The number of aliphatic carboxylic acids is 1. The first-order chi connectivity index (χ1) is 8.41. The Morgan fingerprint density at radius 2 is 2.28 bits per heavy atom. The quantitative estimate of drug-likeness (QED) is 0.732. The fourth-order valence-electron chi connectivity index (χ4n) is 1.85. The van der Waals surface area contributed by atoms with Crippen LogP contribution in [-0.4, -0.2) is 22.3 Å². The zero-order chi connectivity index (χ0) is 13.8. The van der Waals surface area contributed by atoms with Crippen LogP contribution in [0.15, 0.2) is 29.6 Å². The van der Waals surface area contributed by atoms with E-state index in [9.17, 15) is 15.0 Å². The highest BCUT2D eigenvalue weighted by molar-refractivity contribution is 5.75. The number of hydrogen-bond acceptors (Lipinski definition) is 3. The van der Waals surface area contributed by atoms with E-state index >= 15 is 0 Å². The van der Waals surface area contributed by atoms with Crippen LogP contribution in [0.4, 0.5) is 0 Å². The summed E-state index contributed by atoms with van der Waals surface area (Å²) in [4.78, 5) is 11.4. The van der Waals surface area contributed by atoms with Crippen LogP contribution in [0.25, 0.3) is 0 Å². The first-order valence-electron chi connectivity index (χ1n) is 5.96. The highest BCUT2D eigenvalue weighted by Crippen LogP contribution is 2.31. The summed E-state index contributed by atoms with van der Waals surface area (Å²) in [7, 11) is 0. The number of carboxylic acid groups (broad SMARTS) is 1. The van der Waals surface area contributed by atoms with Crippen molar-refractivity contribution in [3.63, 3.8) is 0 Å². The number of aliphatic hydroxyl groups excluding tert-OH is 1. The van der Waals surface area contributed by atoms with E-state index in [0.717, 1.165) is 11.1 Å². The molecule has 2 unspecified atom stereocenters. The molecule has 0 bridgehead atoms. The molecule has 0 aliphatic heterocycles. The third-order valence-electron chi connectivity index (χ3n) is 3.47. The van der Waals surface area contributed by atoms with Crippen molar-refractivity contribution in [2.24, 2.45) is 5.41 Å². The Labute approximate surface area is 107 Å². The number of aryl methyl sites for hydroxylation is 1. The topological polar surface area (TPSA) is 70.7 Å². The zero-order valence-corrected chi connectivity index (χ0v) is 10.8. The van der Waals surface area contributed by atoms with E-state index in [1.54, 1.807) is 25.5 Å².